The van der Waals surface area contributed by atoms with Crippen molar-refractivity contribution >= 4 is 11.0 Å². The molecule has 0 aliphatic carbocycles. The zero-order valence-electron chi connectivity index (χ0n) is 12.4. The highest BCUT2D eigenvalue weighted by Gasteiger charge is 2.44. The van der Waals surface area contributed by atoms with E-state index in [-0.39, 0.29) is 11.0 Å². The molecule has 0 unspecified atom stereocenters. The number of nitrogens with one attached hydrogen (secondary N) is 1. The highest BCUT2D eigenvalue weighted by Crippen LogP contribution is 2.35. The molecule has 1 fully saturated rings. The SMILES string of the molecule is OC[C@H]1O[C@@H](n2cc(F)c3c(-c4cc[nH]c4)ncnc32)[C@H](O)[C@@H]1O. The molecule has 4 N–H and O–H groups in total. The fourth-order valence-corrected chi connectivity index (χ4v) is 3.03. The molecule has 1 aliphatic heterocycles. The van der Waals surface area contributed by atoms with Gasteiger partial charge in [-0.15, -0.1) is 0 Å². The van der Waals surface area contributed by atoms with Crippen molar-refractivity contribution in [3.05, 3.63) is 36.8 Å². The van der Waals surface area contributed by atoms with Crippen LogP contribution in [0.25, 0.3) is 22.3 Å². The number of hydrogen-bond donors (Lipinski definition) is 4. The predicted molar refractivity (Wildman–Crippen MR) is 80.3 cm³/mol. The highest BCUT2D eigenvalue weighted by molar-refractivity contribution is 5.91. The molecule has 0 spiro atoms. The normalized spacial score (nSPS) is 27.2. The van der Waals surface area contributed by atoms with Crippen LogP contribution in [-0.2, 0) is 4.74 Å². The molecule has 9 heteroatoms. The largest absolute Gasteiger partial charge is 0.394 e. The van der Waals surface area contributed by atoms with Gasteiger partial charge in [-0.25, -0.2) is 14.4 Å². The maximum absolute atomic E-state index is 14.6. The lowest BCUT2D eigenvalue weighted by atomic mass is 10.1. The summed E-state index contributed by atoms with van der Waals surface area (Å²) in [6.07, 6.45) is 1.23. The number of aliphatic hydroxyl groups is 3. The van der Waals surface area contributed by atoms with E-state index >= 15 is 0 Å². The second-order valence-corrected chi connectivity index (χ2v) is 5.63. The van der Waals surface area contributed by atoms with Crippen molar-refractivity contribution in [3.8, 4) is 11.3 Å². The molecule has 126 valence electrons. The highest BCUT2D eigenvalue weighted by atomic mass is 19.1. The number of aromatic amines is 1. The number of aliphatic hydroxyl groups excluding tert-OH is 3. The zero-order chi connectivity index (χ0) is 16.8. The number of H-pyrrole nitrogens is 1. The molecule has 8 nitrogen and oxygen atoms in total. The Labute approximate surface area is 135 Å². The summed E-state index contributed by atoms with van der Waals surface area (Å²) in [5.41, 5.74) is 1.33. The first-order valence-electron chi connectivity index (χ1n) is 7.38. The second-order valence-electron chi connectivity index (χ2n) is 5.63. The molecule has 0 amide bonds. The fraction of sp³-hybridized carbons (Fsp3) is 0.333. The van der Waals surface area contributed by atoms with E-state index in [4.69, 9.17) is 4.74 Å². The lowest BCUT2D eigenvalue weighted by Crippen LogP contribution is -2.33. The standard InChI is InChI=1S/C15H15FN4O4/c16-8-4-20(15-13(23)12(22)9(5-21)24-15)14-10(8)11(18-6-19-14)7-1-2-17-3-7/h1-4,6,9,12-13,15,17,21-23H,5H2/t9-,12-,13-,15-/m1/s1. The Morgan fingerprint density at radius 3 is 2.79 bits per heavy atom. The second kappa shape index (κ2) is 5.64. The third kappa shape index (κ3) is 2.13. The number of halogens is 1. The first-order chi connectivity index (χ1) is 11.6. The van der Waals surface area contributed by atoms with Crippen molar-refractivity contribution in [2.75, 3.05) is 6.61 Å². The summed E-state index contributed by atoms with van der Waals surface area (Å²) in [7, 11) is 0. The van der Waals surface area contributed by atoms with Crippen LogP contribution in [0.3, 0.4) is 0 Å². The Bertz CT molecular complexity index is 866. The van der Waals surface area contributed by atoms with Gasteiger partial charge in [0.2, 0.25) is 0 Å². The molecule has 3 aromatic heterocycles. The fourth-order valence-electron chi connectivity index (χ4n) is 3.03. The Morgan fingerprint density at radius 1 is 1.29 bits per heavy atom. The van der Waals surface area contributed by atoms with E-state index in [2.05, 4.69) is 15.0 Å². The van der Waals surface area contributed by atoms with Gasteiger partial charge in [0.05, 0.1) is 17.7 Å². The Kier molecular flexibility index (Phi) is 3.57. The summed E-state index contributed by atoms with van der Waals surface area (Å²) in [5, 5.41) is 29.4. The molecule has 0 saturated carbocycles. The molecule has 4 atom stereocenters. The van der Waals surface area contributed by atoms with Crippen molar-refractivity contribution in [3.63, 3.8) is 0 Å². The monoisotopic (exact) mass is 334 g/mol. The third-order valence-corrected chi connectivity index (χ3v) is 4.23. The van der Waals surface area contributed by atoms with Gasteiger partial charge in [-0.3, -0.25) is 0 Å². The molecule has 4 heterocycles. The zero-order valence-corrected chi connectivity index (χ0v) is 12.4. The average Bonchev–Trinajstić information content (AvgIpc) is 3.29. The molecule has 1 saturated heterocycles. The van der Waals surface area contributed by atoms with Gasteiger partial charge >= 0.3 is 0 Å². The maximum atomic E-state index is 14.6. The van der Waals surface area contributed by atoms with Crippen molar-refractivity contribution in [2.45, 2.75) is 24.5 Å². The van der Waals surface area contributed by atoms with E-state index in [1.807, 2.05) is 0 Å². The van der Waals surface area contributed by atoms with Gasteiger partial charge in [0, 0.05) is 24.2 Å². The van der Waals surface area contributed by atoms with E-state index in [1.54, 1.807) is 18.5 Å². The molecular weight excluding hydrogens is 319 g/mol. The summed E-state index contributed by atoms with van der Waals surface area (Å²) in [6, 6.07) is 1.75. The Morgan fingerprint density at radius 2 is 2.12 bits per heavy atom. The molecule has 4 rings (SSSR count). The number of fused-ring (bicyclic) bond motifs is 1. The summed E-state index contributed by atoms with van der Waals surface area (Å²) in [6.45, 7) is -0.458. The number of ether oxygens (including phenoxy) is 1. The van der Waals surface area contributed by atoms with Gasteiger partial charge in [-0.1, -0.05) is 0 Å². The smallest absolute Gasteiger partial charge is 0.164 e. The van der Waals surface area contributed by atoms with Gasteiger partial charge in [0.25, 0.3) is 0 Å². The van der Waals surface area contributed by atoms with Crippen LogP contribution in [-0.4, -0.2) is 59.8 Å². The summed E-state index contributed by atoms with van der Waals surface area (Å²) >= 11 is 0. The van der Waals surface area contributed by atoms with Crippen LogP contribution in [0.15, 0.2) is 31.0 Å². The van der Waals surface area contributed by atoms with Crippen LogP contribution >= 0.6 is 0 Å². The van der Waals surface area contributed by atoms with E-state index in [1.165, 1.54) is 10.9 Å². The van der Waals surface area contributed by atoms with Gasteiger partial charge < -0.3 is 29.6 Å². The van der Waals surface area contributed by atoms with Crippen molar-refractivity contribution in [1.82, 2.24) is 19.5 Å². The molecule has 0 bridgehead atoms. The molecular formula is C15H15FN4O4. The number of aromatic nitrogens is 4. The topological polar surface area (TPSA) is 116 Å². The lowest BCUT2D eigenvalue weighted by molar-refractivity contribution is -0.0510. The van der Waals surface area contributed by atoms with E-state index in [0.717, 1.165) is 6.20 Å². The molecule has 1 aliphatic rings. The minimum absolute atomic E-state index is 0.190. The maximum Gasteiger partial charge on any atom is 0.164 e. The first-order valence-corrected chi connectivity index (χ1v) is 7.38. The van der Waals surface area contributed by atoms with Crippen LogP contribution in [0, 0.1) is 5.82 Å². The van der Waals surface area contributed by atoms with Gasteiger partial charge in [-0.05, 0) is 6.07 Å². The first kappa shape index (κ1) is 15.2. The van der Waals surface area contributed by atoms with E-state index < -0.39 is 37.0 Å². The van der Waals surface area contributed by atoms with Crippen LogP contribution in [0.1, 0.15) is 6.23 Å². The lowest BCUT2D eigenvalue weighted by Gasteiger charge is -2.17. The van der Waals surface area contributed by atoms with Crippen LogP contribution in [0.5, 0.6) is 0 Å². The van der Waals surface area contributed by atoms with E-state index in [0.29, 0.717) is 11.3 Å². The Balaban J connectivity index is 1.86. The Hall–Kier alpha value is -2.33. The van der Waals surface area contributed by atoms with Crippen LogP contribution < -0.4 is 0 Å². The number of hydrogen-bond acceptors (Lipinski definition) is 6. The van der Waals surface area contributed by atoms with Crippen molar-refractivity contribution in [2.24, 2.45) is 0 Å². The molecule has 3 aromatic rings. The van der Waals surface area contributed by atoms with Crippen molar-refractivity contribution in [1.29, 1.82) is 0 Å². The average molecular weight is 334 g/mol. The van der Waals surface area contributed by atoms with Gasteiger partial charge in [-0.2, -0.15) is 0 Å². The molecule has 24 heavy (non-hydrogen) atoms. The van der Waals surface area contributed by atoms with Gasteiger partial charge in [0.15, 0.2) is 12.0 Å². The third-order valence-electron chi connectivity index (χ3n) is 4.23. The van der Waals surface area contributed by atoms with Crippen LogP contribution in [0.2, 0.25) is 0 Å². The number of rotatable bonds is 3. The van der Waals surface area contributed by atoms with E-state index in [9.17, 15) is 19.7 Å². The van der Waals surface area contributed by atoms with Crippen LogP contribution in [0.4, 0.5) is 4.39 Å². The predicted octanol–water partition coefficient (Wildman–Crippen LogP) is 0.177. The summed E-state index contributed by atoms with van der Waals surface area (Å²) in [5.74, 6) is -0.570. The minimum Gasteiger partial charge on any atom is -0.394 e. The quantitative estimate of drug-likeness (QED) is 0.543. The molecule has 0 aromatic carbocycles. The summed E-state index contributed by atoms with van der Waals surface area (Å²) < 4.78 is 21.3. The van der Waals surface area contributed by atoms with Crippen molar-refractivity contribution < 1.29 is 24.4 Å². The van der Waals surface area contributed by atoms with Gasteiger partial charge in [0.1, 0.15) is 30.3 Å². The summed E-state index contributed by atoms with van der Waals surface area (Å²) in [4.78, 5) is 11.1. The molecule has 0 radical (unpaired) electrons. The minimum atomic E-state index is -1.32. The number of nitrogens with zero attached hydrogens (tertiary/aromatic N) is 3.